The molecule has 1 heterocycles. The van der Waals surface area contributed by atoms with Gasteiger partial charge < -0.3 is 9.88 Å². The zero-order chi connectivity index (χ0) is 10.7. The largest absolute Gasteiger partial charge is 0.347 e. The Morgan fingerprint density at radius 1 is 1.33 bits per heavy atom. The number of aryl methyl sites for hydroxylation is 1. The standard InChI is InChI=1S/C12H15ClN2/c1-14-6-2-7-15-8-5-10-9-11(13)3-4-12(10)15/h3-5,8-9,14H,2,6-7H2,1H3. The molecular formula is C12H15ClN2. The third kappa shape index (κ3) is 2.33. The third-order valence-electron chi connectivity index (χ3n) is 2.56. The van der Waals surface area contributed by atoms with Crippen molar-refractivity contribution in [2.24, 2.45) is 0 Å². The lowest BCUT2D eigenvalue weighted by Crippen LogP contribution is -2.10. The Kier molecular flexibility index (Phi) is 3.29. The van der Waals surface area contributed by atoms with Crippen LogP contribution in [0.4, 0.5) is 0 Å². The minimum atomic E-state index is 0.801. The molecule has 0 fully saturated rings. The number of fused-ring (bicyclic) bond motifs is 1. The van der Waals surface area contributed by atoms with E-state index in [0.29, 0.717) is 0 Å². The van der Waals surface area contributed by atoms with Crippen molar-refractivity contribution < 1.29 is 0 Å². The number of hydrogen-bond acceptors (Lipinski definition) is 1. The minimum Gasteiger partial charge on any atom is -0.347 e. The van der Waals surface area contributed by atoms with E-state index >= 15 is 0 Å². The van der Waals surface area contributed by atoms with E-state index in [1.807, 2.05) is 19.2 Å². The molecule has 1 aromatic carbocycles. The molecule has 0 radical (unpaired) electrons. The zero-order valence-corrected chi connectivity index (χ0v) is 9.59. The lowest BCUT2D eigenvalue weighted by atomic mass is 10.2. The van der Waals surface area contributed by atoms with E-state index in [1.165, 1.54) is 10.9 Å². The predicted molar refractivity (Wildman–Crippen MR) is 65.5 cm³/mol. The number of benzene rings is 1. The molecule has 3 heteroatoms. The summed E-state index contributed by atoms with van der Waals surface area (Å²) in [7, 11) is 1.98. The van der Waals surface area contributed by atoms with Crippen LogP contribution in [-0.2, 0) is 6.54 Å². The topological polar surface area (TPSA) is 17.0 Å². The van der Waals surface area contributed by atoms with E-state index in [-0.39, 0.29) is 0 Å². The van der Waals surface area contributed by atoms with Crippen molar-refractivity contribution in [2.75, 3.05) is 13.6 Å². The van der Waals surface area contributed by atoms with E-state index in [0.717, 1.165) is 24.5 Å². The molecule has 1 N–H and O–H groups in total. The fourth-order valence-corrected chi connectivity index (χ4v) is 1.97. The van der Waals surface area contributed by atoms with Crippen LogP contribution in [-0.4, -0.2) is 18.2 Å². The summed E-state index contributed by atoms with van der Waals surface area (Å²) in [4.78, 5) is 0. The van der Waals surface area contributed by atoms with Gasteiger partial charge in [0.25, 0.3) is 0 Å². The second-order valence-corrected chi connectivity index (χ2v) is 4.11. The Morgan fingerprint density at radius 3 is 3.00 bits per heavy atom. The van der Waals surface area contributed by atoms with Gasteiger partial charge in [-0.3, -0.25) is 0 Å². The lowest BCUT2D eigenvalue weighted by Gasteiger charge is -2.04. The fourth-order valence-electron chi connectivity index (χ4n) is 1.79. The van der Waals surface area contributed by atoms with Gasteiger partial charge in [0.1, 0.15) is 0 Å². The van der Waals surface area contributed by atoms with Crippen LogP contribution in [0.25, 0.3) is 10.9 Å². The first-order valence-corrected chi connectivity index (χ1v) is 5.58. The monoisotopic (exact) mass is 222 g/mol. The molecule has 0 saturated heterocycles. The molecule has 0 unspecified atom stereocenters. The molecule has 0 amide bonds. The summed E-state index contributed by atoms with van der Waals surface area (Å²) in [6.07, 6.45) is 3.26. The number of halogens is 1. The molecule has 2 aromatic rings. The third-order valence-corrected chi connectivity index (χ3v) is 2.79. The highest BCUT2D eigenvalue weighted by atomic mass is 35.5. The number of nitrogens with one attached hydrogen (secondary N) is 1. The van der Waals surface area contributed by atoms with Crippen molar-refractivity contribution in [1.82, 2.24) is 9.88 Å². The molecule has 0 aliphatic carbocycles. The van der Waals surface area contributed by atoms with Crippen molar-refractivity contribution in [1.29, 1.82) is 0 Å². The van der Waals surface area contributed by atoms with Crippen LogP contribution in [0, 0.1) is 0 Å². The van der Waals surface area contributed by atoms with Gasteiger partial charge in [-0.1, -0.05) is 11.6 Å². The smallest absolute Gasteiger partial charge is 0.0481 e. The number of aromatic nitrogens is 1. The average Bonchev–Trinajstić information content (AvgIpc) is 2.61. The van der Waals surface area contributed by atoms with Gasteiger partial charge >= 0.3 is 0 Å². The first-order chi connectivity index (χ1) is 7.31. The van der Waals surface area contributed by atoms with E-state index < -0.39 is 0 Å². The normalized spacial score (nSPS) is 11.1. The molecule has 2 rings (SSSR count). The van der Waals surface area contributed by atoms with Crippen LogP contribution >= 0.6 is 11.6 Å². The molecule has 2 nitrogen and oxygen atoms in total. The van der Waals surface area contributed by atoms with Gasteiger partial charge in [0.2, 0.25) is 0 Å². The van der Waals surface area contributed by atoms with Crippen LogP contribution in [0.2, 0.25) is 5.02 Å². The van der Waals surface area contributed by atoms with Gasteiger partial charge in [-0.05, 0) is 44.3 Å². The highest BCUT2D eigenvalue weighted by molar-refractivity contribution is 6.31. The van der Waals surface area contributed by atoms with Crippen LogP contribution in [0.15, 0.2) is 30.5 Å². The lowest BCUT2D eigenvalue weighted by molar-refractivity contribution is 0.627. The maximum atomic E-state index is 5.94. The minimum absolute atomic E-state index is 0.801. The average molecular weight is 223 g/mol. The molecule has 0 atom stereocenters. The molecular weight excluding hydrogens is 208 g/mol. The zero-order valence-electron chi connectivity index (χ0n) is 8.83. The summed E-state index contributed by atoms with van der Waals surface area (Å²) in [5.41, 5.74) is 1.26. The van der Waals surface area contributed by atoms with Crippen LogP contribution < -0.4 is 5.32 Å². The summed E-state index contributed by atoms with van der Waals surface area (Å²) in [6, 6.07) is 8.14. The summed E-state index contributed by atoms with van der Waals surface area (Å²) in [5, 5.41) is 5.17. The Morgan fingerprint density at radius 2 is 2.20 bits per heavy atom. The van der Waals surface area contributed by atoms with Crippen molar-refractivity contribution in [2.45, 2.75) is 13.0 Å². The van der Waals surface area contributed by atoms with E-state index in [2.05, 4.69) is 28.2 Å². The van der Waals surface area contributed by atoms with Gasteiger partial charge in [-0.15, -0.1) is 0 Å². The first kappa shape index (κ1) is 10.5. The van der Waals surface area contributed by atoms with Crippen LogP contribution in [0.3, 0.4) is 0 Å². The highest BCUT2D eigenvalue weighted by Gasteiger charge is 2.00. The Bertz CT molecular complexity index is 448. The van der Waals surface area contributed by atoms with Crippen molar-refractivity contribution in [3.05, 3.63) is 35.5 Å². The van der Waals surface area contributed by atoms with Gasteiger partial charge in [-0.2, -0.15) is 0 Å². The molecule has 15 heavy (non-hydrogen) atoms. The van der Waals surface area contributed by atoms with Crippen molar-refractivity contribution >= 4 is 22.5 Å². The molecule has 0 spiro atoms. The first-order valence-electron chi connectivity index (χ1n) is 5.20. The second kappa shape index (κ2) is 4.69. The summed E-state index contributed by atoms with van der Waals surface area (Å²) < 4.78 is 2.27. The van der Waals surface area contributed by atoms with Crippen LogP contribution in [0.5, 0.6) is 0 Å². The quantitative estimate of drug-likeness (QED) is 0.788. The Hall–Kier alpha value is -0.990. The van der Waals surface area contributed by atoms with E-state index in [9.17, 15) is 0 Å². The van der Waals surface area contributed by atoms with Crippen LogP contribution in [0.1, 0.15) is 6.42 Å². The molecule has 1 aromatic heterocycles. The van der Waals surface area contributed by atoms with Gasteiger partial charge in [0.15, 0.2) is 0 Å². The van der Waals surface area contributed by atoms with Gasteiger partial charge in [0, 0.05) is 28.7 Å². The number of rotatable bonds is 4. The van der Waals surface area contributed by atoms with Gasteiger partial charge in [-0.25, -0.2) is 0 Å². The van der Waals surface area contributed by atoms with Gasteiger partial charge in [0.05, 0.1) is 0 Å². The maximum absolute atomic E-state index is 5.94. The van der Waals surface area contributed by atoms with Crippen molar-refractivity contribution in [3.8, 4) is 0 Å². The Balaban J connectivity index is 2.21. The SMILES string of the molecule is CNCCCn1ccc2cc(Cl)ccc21. The van der Waals surface area contributed by atoms with Crippen molar-refractivity contribution in [3.63, 3.8) is 0 Å². The summed E-state index contributed by atoms with van der Waals surface area (Å²) >= 11 is 5.94. The molecule has 80 valence electrons. The van der Waals surface area contributed by atoms with E-state index in [1.54, 1.807) is 0 Å². The second-order valence-electron chi connectivity index (χ2n) is 3.67. The Labute approximate surface area is 94.8 Å². The number of hydrogen-bond donors (Lipinski definition) is 1. The molecule has 0 bridgehead atoms. The summed E-state index contributed by atoms with van der Waals surface area (Å²) in [5.74, 6) is 0. The maximum Gasteiger partial charge on any atom is 0.0481 e. The molecule has 0 aliphatic rings. The predicted octanol–water partition coefficient (Wildman–Crippen LogP) is 2.90. The number of nitrogens with zero attached hydrogens (tertiary/aromatic N) is 1. The molecule has 0 aliphatic heterocycles. The highest BCUT2D eigenvalue weighted by Crippen LogP contribution is 2.20. The fraction of sp³-hybridized carbons (Fsp3) is 0.333. The molecule has 0 saturated carbocycles. The van der Waals surface area contributed by atoms with E-state index in [4.69, 9.17) is 11.6 Å². The summed E-state index contributed by atoms with van der Waals surface area (Å²) in [6.45, 7) is 2.10.